The van der Waals surface area contributed by atoms with Crippen molar-refractivity contribution in [3.05, 3.63) is 40.0 Å². The second kappa shape index (κ2) is 3.39. The first-order chi connectivity index (χ1) is 6.70. The van der Waals surface area contributed by atoms with Gasteiger partial charge in [-0.25, -0.2) is 4.98 Å². The van der Waals surface area contributed by atoms with Gasteiger partial charge in [-0.15, -0.1) is 0 Å². The summed E-state index contributed by atoms with van der Waals surface area (Å²) in [5.41, 5.74) is 2.47. The summed E-state index contributed by atoms with van der Waals surface area (Å²) in [4.78, 5) is 4.22. The van der Waals surface area contributed by atoms with Gasteiger partial charge in [0, 0.05) is 9.86 Å². The maximum absolute atomic E-state index is 8.71. The molecule has 0 spiro atoms. The maximum Gasteiger partial charge on any atom is 0.141 e. The summed E-state index contributed by atoms with van der Waals surface area (Å²) >= 11 is 3.41. The number of benzene rings is 1. The second-order valence-corrected chi connectivity index (χ2v) is 4.01. The predicted octanol–water partition coefficient (Wildman–Crippen LogP) is 3.18. The Bertz CT molecular complexity index is 541. The standard InChI is InChI=1S/C11H7BrN2/c1-7-4-8(12)5-11-10(7)3-2-9(6-13)14-11/h2-5H,1H3. The molecule has 0 radical (unpaired) electrons. The zero-order valence-corrected chi connectivity index (χ0v) is 9.17. The van der Waals surface area contributed by atoms with Gasteiger partial charge in [0.15, 0.2) is 0 Å². The highest BCUT2D eigenvalue weighted by molar-refractivity contribution is 9.10. The molecule has 1 aromatic carbocycles. The van der Waals surface area contributed by atoms with Gasteiger partial charge in [0.05, 0.1) is 5.52 Å². The van der Waals surface area contributed by atoms with Crippen molar-refractivity contribution >= 4 is 26.8 Å². The van der Waals surface area contributed by atoms with Crippen molar-refractivity contribution in [2.24, 2.45) is 0 Å². The fourth-order valence-corrected chi connectivity index (χ4v) is 2.00. The molecule has 0 amide bonds. The molecule has 14 heavy (non-hydrogen) atoms. The fraction of sp³-hybridized carbons (Fsp3) is 0.0909. The molecule has 0 N–H and O–H groups in total. The van der Waals surface area contributed by atoms with Crippen LogP contribution in [0.1, 0.15) is 11.3 Å². The van der Waals surface area contributed by atoms with E-state index in [0.717, 1.165) is 20.9 Å². The quantitative estimate of drug-likeness (QED) is 0.716. The third-order valence-corrected chi connectivity index (χ3v) is 2.55. The minimum Gasteiger partial charge on any atom is -0.237 e. The molecule has 0 bridgehead atoms. The van der Waals surface area contributed by atoms with Crippen molar-refractivity contribution in [3.8, 4) is 6.07 Å². The summed E-state index contributed by atoms with van der Waals surface area (Å²) in [6.45, 7) is 2.03. The normalized spacial score (nSPS) is 10.1. The number of rotatable bonds is 0. The molecular formula is C11H7BrN2. The lowest BCUT2D eigenvalue weighted by Gasteiger charge is -2.02. The Kier molecular flexibility index (Phi) is 2.22. The van der Waals surface area contributed by atoms with Gasteiger partial charge < -0.3 is 0 Å². The van der Waals surface area contributed by atoms with Crippen molar-refractivity contribution in [2.75, 3.05) is 0 Å². The largest absolute Gasteiger partial charge is 0.237 e. The number of halogens is 1. The molecule has 0 aliphatic heterocycles. The molecule has 1 heterocycles. The summed E-state index contributed by atoms with van der Waals surface area (Å²) in [5, 5.41) is 9.80. The average Bonchev–Trinajstić information content (AvgIpc) is 2.16. The Balaban J connectivity index is 2.83. The highest BCUT2D eigenvalue weighted by Gasteiger charge is 2.01. The summed E-state index contributed by atoms with van der Waals surface area (Å²) < 4.78 is 0.991. The molecule has 68 valence electrons. The van der Waals surface area contributed by atoms with E-state index in [2.05, 4.69) is 20.9 Å². The molecule has 1 aromatic heterocycles. The van der Waals surface area contributed by atoms with E-state index in [4.69, 9.17) is 5.26 Å². The molecule has 2 rings (SSSR count). The molecule has 2 aromatic rings. The van der Waals surface area contributed by atoms with Gasteiger partial charge >= 0.3 is 0 Å². The van der Waals surface area contributed by atoms with Gasteiger partial charge in [0.1, 0.15) is 11.8 Å². The first kappa shape index (κ1) is 9.17. The summed E-state index contributed by atoms with van der Waals surface area (Å²) in [7, 11) is 0. The van der Waals surface area contributed by atoms with E-state index in [0.29, 0.717) is 5.69 Å². The van der Waals surface area contributed by atoms with Crippen LogP contribution in [0.4, 0.5) is 0 Å². The molecule has 0 fully saturated rings. The number of nitrogens with zero attached hydrogens (tertiary/aromatic N) is 2. The monoisotopic (exact) mass is 246 g/mol. The Labute approximate surface area is 90.3 Å². The Morgan fingerprint density at radius 1 is 1.36 bits per heavy atom. The van der Waals surface area contributed by atoms with Crippen LogP contribution in [0.2, 0.25) is 0 Å². The number of hydrogen-bond acceptors (Lipinski definition) is 2. The van der Waals surface area contributed by atoms with E-state index in [1.54, 1.807) is 6.07 Å². The van der Waals surface area contributed by atoms with Crippen LogP contribution in [-0.2, 0) is 0 Å². The molecule has 3 heteroatoms. The van der Waals surface area contributed by atoms with Crippen molar-refractivity contribution in [3.63, 3.8) is 0 Å². The van der Waals surface area contributed by atoms with Crippen LogP contribution < -0.4 is 0 Å². The number of aryl methyl sites for hydroxylation is 1. The van der Waals surface area contributed by atoms with Crippen molar-refractivity contribution < 1.29 is 0 Å². The molecule has 0 atom stereocenters. The van der Waals surface area contributed by atoms with Gasteiger partial charge in [0.2, 0.25) is 0 Å². The molecule has 0 aliphatic carbocycles. The van der Waals surface area contributed by atoms with Crippen LogP contribution >= 0.6 is 15.9 Å². The van der Waals surface area contributed by atoms with E-state index >= 15 is 0 Å². The average molecular weight is 247 g/mol. The zero-order valence-electron chi connectivity index (χ0n) is 7.58. The molecule has 0 saturated heterocycles. The minimum atomic E-state index is 0.454. The summed E-state index contributed by atoms with van der Waals surface area (Å²) in [6.07, 6.45) is 0. The topological polar surface area (TPSA) is 36.7 Å². The predicted molar refractivity (Wildman–Crippen MR) is 58.9 cm³/mol. The SMILES string of the molecule is Cc1cc(Br)cc2nc(C#N)ccc12. The number of nitriles is 1. The Hall–Kier alpha value is -1.40. The number of hydrogen-bond donors (Lipinski definition) is 0. The summed E-state index contributed by atoms with van der Waals surface area (Å²) in [5.74, 6) is 0. The number of aromatic nitrogens is 1. The second-order valence-electron chi connectivity index (χ2n) is 3.10. The van der Waals surface area contributed by atoms with Crippen molar-refractivity contribution in [1.29, 1.82) is 5.26 Å². The van der Waals surface area contributed by atoms with Gasteiger partial charge in [0.25, 0.3) is 0 Å². The molecule has 2 nitrogen and oxygen atoms in total. The smallest absolute Gasteiger partial charge is 0.141 e. The summed E-state index contributed by atoms with van der Waals surface area (Å²) in [6, 6.07) is 9.66. The highest BCUT2D eigenvalue weighted by atomic mass is 79.9. The lowest BCUT2D eigenvalue weighted by Crippen LogP contribution is -1.86. The molecular weight excluding hydrogens is 240 g/mol. The number of fused-ring (bicyclic) bond motifs is 1. The molecule has 0 aliphatic rings. The van der Waals surface area contributed by atoms with E-state index < -0.39 is 0 Å². The van der Waals surface area contributed by atoms with E-state index in [-0.39, 0.29) is 0 Å². The minimum absolute atomic E-state index is 0.454. The van der Waals surface area contributed by atoms with Crippen LogP contribution in [0.5, 0.6) is 0 Å². The van der Waals surface area contributed by atoms with E-state index in [1.807, 2.05) is 31.2 Å². The lowest BCUT2D eigenvalue weighted by atomic mass is 10.1. The van der Waals surface area contributed by atoms with Crippen LogP contribution in [0.15, 0.2) is 28.7 Å². The van der Waals surface area contributed by atoms with Crippen LogP contribution in [0, 0.1) is 18.3 Å². The van der Waals surface area contributed by atoms with Crippen molar-refractivity contribution in [2.45, 2.75) is 6.92 Å². The third kappa shape index (κ3) is 1.49. The van der Waals surface area contributed by atoms with Gasteiger partial charge in [-0.3, -0.25) is 0 Å². The first-order valence-electron chi connectivity index (χ1n) is 4.18. The van der Waals surface area contributed by atoms with Crippen LogP contribution in [-0.4, -0.2) is 4.98 Å². The number of pyridine rings is 1. The van der Waals surface area contributed by atoms with Crippen LogP contribution in [0.25, 0.3) is 10.9 Å². The zero-order chi connectivity index (χ0) is 10.1. The molecule has 0 saturated carbocycles. The Morgan fingerprint density at radius 3 is 2.86 bits per heavy atom. The third-order valence-electron chi connectivity index (χ3n) is 2.09. The molecule has 0 unspecified atom stereocenters. The maximum atomic E-state index is 8.71. The highest BCUT2D eigenvalue weighted by Crippen LogP contribution is 2.22. The van der Waals surface area contributed by atoms with Gasteiger partial charge in [-0.05, 0) is 36.8 Å². The van der Waals surface area contributed by atoms with Gasteiger partial charge in [-0.1, -0.05) is 15.9 Å². The Morgan fingerprint density at radius 2 is 2.14 bits per heavy atom. The van der Waals surface area contributed by atoms with Gasteiger partial charge in [-0.2, -0.15) is 5.26 Å². The lowest BCUT2D eigenvalue weighted by molar-refractivity contribution is 1.31. The van der Waals surface area contributed by atoms with E-state index in [1.165, 1.54) is 0 Å². The first-order valence-corrected chi connectivity index (χ1v) is 4.97. The fourth-order valence-electron chi connectivity index (χ4n) is 1.44. The van der Waals surface area contributed by atoms with Crippen molar-refractivity contribution in [1.82, 2.24) is 4.98 Å². The van der Waals surface area contributed by atoms with Crippen LogP contribution in [0.3, 0.4) is 0 Å². The van der Waals surface area contributed by atoms with E-state index in [9.17, 15) is 0 Å².